The Labute approximate surface area is 259 Å². The molecule has 45 heavy (non-hydrogen) atoms. The number of carboxylic acids is 1. The average molecular weight is 618 g/mol. The van der Waals surface area contributed by atoms with E-state index in [-0.39, 0.29) is 31.7 Å². The Morgan fingerprint density at radius 3 is 1.80 bits per heavy atom. The van der Waals surface area contributed by atoms with E-state index in [0.717, 1.165) is 32.9 Å². The van der Waals surface area contributed by atoms with Gasteiger partial charge in [0.15, 0.2) is 0 Å². The zero-order valence-electron chi connectivity index (χ0n) is 25.2. The van der Waals surface area contributed by atoms with Crippen molar-refractivity contribution in [2.24, 2.45) is 11.7 Å². The molecule has 0 aliphatic rings. The second kappa shape index (κ2) is 15.0. The molecule has 2 heterocycles. The van der Waals surface area contributed by atoms with E-state index >= 15 is 0 Å². The van der Waals surface area contributed by atoms with Crippen molar-refractivity contribution in [3.63, 3.8) is 0 Å². The molecule has 3 atom stereocenters. The number of aliphatic carboxylic acids is 1. The fourth-order valence-corrected chi connectivity index (χ4v) is 5.21. The fraction of sp³-hybridized carbons (Fsp3) is 0.344. The summed E-state index contributed by atoms with van der Waals surface area (Å²) in [5.41, 5.74) is 8.70. The second-order valence-electron chi connectivity index (χ2n) is 11.3. The minimum absolute atomic E-state index is 0.0143. The van der Waals surface area contributed by atoms with Gasteiger partial charge in [0.25, 0.3) is 0 Å². The van der Waals surface area contributed by atoms with Crippen molar-refractivity contribution in [2.45, 2.75) is 51.2 Å². The van der Waals surface area contributed by atoms with Gasteiger partial charge in [0, 0.05) is 47.0 Å². The number of nitrogens with two attached hydrogens (primary N) is 1. The highest BCUT2D eigenvalue weighted by molar-refractivity contribution is 5.94. The van der Waals surface area contributed by atoms with Crippen molar-refractivity contribution < 1.29 is 29.1 Å². The third kappa shape index (κ3) is 8.70. The van der Waals surface area contributed by atoms with Crippen molar-refractivity contribution in [2.75, 3.05) is 13.1 Å². The maximum absolute atomic E-state index is 13.3. The van der Waals surface area contributed by atoms with Crippen LogP contribution in [-0.2, 0) is 36.8 Å². The predicted octanol–water partition coefficient (Wildman–Crippen LogP) is 1.09. The van der Waals surface area contributed by atoms with Crippen molar-refractivity contribution in [3.05, 3.63) is 72.1 Å². The number of H-pyrrole nitrogens is 2. The summed E-state index contributed by atoms with van der Waals surface area (Å²) >= 11 is 0. The van der Waals surface area contributed by atoms with E-state index in [4.69, 9.17) is 5.73 Å². The molecule has 0 unspecified atom stereocenters. The first kappa shape index (κ1) is 32.7. The molecule has 2 aromatic heterocycles. The van der Waals surface area contributed by atoms with E-state index in [9.17, 15) is 29.1 Å². The summed E-state index contributed by atoms with van der Waals surface area (Å²) in [5, 5.41) is 21.9. The van der Waals surface area contributed by atoms with Crippen molar-refractivity contribution in [3.8, 4) is 0 Å². The molecule has 13 heteroatoms. The minimum Gasteiger partial charge on any atom is -0.480 e. The molecule has 4 amide bonds. The number of hydrogen-bond acceptors (Lipinski definition) is 6. The molecule has 13 nitrogen and oxygen atoms in total. The number of carboxylic acid groups (broad SMARTS) is 1. The van der Waals surface area contributed by atoms with E-state index in [1.807, 2.05) is 62.4 Å². The molecule has 0 bridgehead atoms. The zero-order chi connectivity index (χ0) is 32.5. The standard InChI is InChI=1S/C32H39N7O6/c1-18(2)11-25(31(43)39-27(32(44)45)13-20-16-35-24-10-6-4-8-22(20)24)38-29(41)17-36-30(42)26(37-28(40)14-33)12-19-15-34-23-9-5-3-7-21(19)23/h3-10,15-16,18,25-27,34-35H,11-14,17,33H2,1-2H3,(H,36,42)(H,37,40)(H,38,41)(H,39,43)(H,44,45)/t25-,26-,27-/m0/s1. The maximum Gasteiger partial charge on any atom is 0.326 e. The Kier molecular flexibility index (Phi) is 10.9. The van der Waals surface area contributed by atoms with E-state index < -0.39 is 54.3 Å². The Morgan fingerprint density at radius 1 is 0.733 bits per heavy atom. The van der Waals surface area contributed by atoms with Crippen molar-refractivity contribution >= 4 is 51.4 Å². The lowest BCUT2D eigenvalue weighted by Crippen LogP contribution is -2.55. The van der Waals surface area contributed by atoms with Gasteiger partial charge in [0.1, 0.15) is 18.1 Å². The summed E-state index contributed by atoms with van der Waals surface area (Å²) in [4.78, 5) is 69.7. The van der Waals surface area contributed by atoms with Crippen LogP contribution in [0.3, 0.4) is 0 Å². The second-order valence-corrected chi connectivity index (χ2v) is 11.3. The highest BCUT2D eigenvalue weighted by Crippen LogP contribution is 2.20. The number of aromatic nitrogens is 2. The normalized spacial score (nSPS) is 13.2. The summed E-state index contributed by atoms with van der Waals surface area (Å²) < 4.78 is 0. The van der Waals surface area contributed by atoms with E-state index in [2.05, 4.69) is 31.2 Å². The van der Waals surface area contributed by atoms with Crippen LogP contribution < -0.4 is 27.0 Å². The molecule has 0 radical (unpaired) electrons. The van der Waals surface area contributed by atoms with Gasteiger partial charge in [-0.05, 0) is 35.6 Å². The molecular formula is C32H39N7O6. The van der Waals surface area contributed by atoms with E-state index in [0.29, 0.717) is 0 Å². The first-order valence-corrected chi connectivity index (χ1v) is 14.7. The van der Waals surface area contributed by atoms with Crippen LogP contribution >= 0.6 is 0 Å². The molecule has 2 aromatic carbocycles. The number of rotatable bonds is 15. The van der Waals surface area contributed by atoms with E-state index in [1.54, 1.807) is 12.4 Å². The number of carbonyl (C=O) groups is 5. The Hall–Kier alpha value is -5.17. The summed E-state index contributed by atoms with van der Waals surface area (Å²) in [7, 11) is 0. The number of fused-ring (bicyclic) bond motifs is 2. The topological polar surface area (TPSA) is 211 Å². The Bertz CT molecular complexity index is 1680. The van der Waals surface area contributed by atoms with Gasteiger partial charge >= 0.3 is 5.97 Å². The smallest absolute Gasteiger partial charge is 0.326 e. The number of carbonyl (C=O) groups excluding carboxylic acids is 4. The molecule has 0 fully saturated rings. The van der Waals surface area contributed by atoms with Gasteiger partial charge in [0.2, 0.25) is 23.6 Å². The highest BCUT2D eigenvalue weighted by atomic mass is 16.4. The summed E-state index contributed by atoms with van der Waals surface area (Å²) in [6, 6.07) is 11.7. The molecule has 4 aromatic rings. The molecule has 4 rings (SSSR count). The van der Waals surface area contributed by atoms with Crippen LogP contribution in [0.5, 0.6) is 0 Å². The van der Waals surface area contributed by atoms with Crippen LogP contribution in [0.1, 0.15) is 31.4 Å². The van der Waals surface area contributed by atoms with Gasteiger partial charge in [-0.25, -0.2) is 4.79 Å². The lowest BCUT2D eigenvalue weighted by atomic mass is 10.0. The van der Waals surface area contributed by atoms with Crippen LogP contribution in [0.4, 0.5) is 0 Å². The quantitative estimate of drug-likeness (QED) is 0.0972. The van der Waals surface area contributed by atoms with Gasteiger partial charge in [-0.15, -0.1) is 0 Å². The fourth-order valence-electron chi connectivity index (χ4n) is 5.21. The third-order valence-electron chi connectivity index (χ3n) is 7.43. The predicted molar refractivity (Wildman–Crippen MR) is 169 cm³/mol. The van der Waals surface area contributed by atoms with Crippen LogP contribution in [-0.4, -0.2) is 75.9 Å². The Balaban J connectivity index is 1.39. The lowest BCUT2D eigenvalue weighted by molar-refractivity contribution is -0.142. The van der Waals surface area contributed by atoms with Gasteiger partial charge in [-0.1, -0.05) is 50.2 Å². The monoisotopic (exact) mass is 617 g/mol. The maximum atomic E-state index is 13.3. The number of nitrogens with one attached hydrogen (secondary N) is 6. The number of benzene rings is 2. The van der Waals surface area contributed by atoms with Gasteiger partial charge < -0.3 is 42.1 Å². The Morgan fingerprint density at radius 2 is 1.27 bits per heavy atom. The van der Waals surface area contributed by atoms with Crippen molar-refractivity contribution in [1.82, 2.24) is 31.2 Å². The first-order chi connectivity index (χ1) is 21.5. The summed E-state index contributed by atoms with van der Waals surface area (Å²) in [5.74, 6) is -3.66. The summed E-state index contributed by atoms with van der Waals surface area (Å²) in [6.45, 7) is 2.94. The van der Waals surface area contributed by atoms with Crippen LogP contribution in [0.25, 0.3) is 21.8 Å². The number of aromatic amines is 2. The van der Waals surface area contributed by atoms with Crippen LogP contribution in [0.2, 0.25) is 0 Å². The minimum atomic E-state index is -1.24. The first-order valence-electron chi connectivity index (χ1n) is 14.7. The number of hydrogen-bond donors (Lipinski definition) is 8. The molecule has 0 spiro atoms. The van der Waals surface area contributed by atoms with Gasteiger partial charge in [-0.2, -0.15) is 0 Å². The zero-order valence-corrected chi connectivity index (χ0v) is 25.2. The summed E-state index contributed by atoms with van der Waals surface area (Å²) in [6.07, 6.45) is 3.89. The molecule has 9 N–H and O–H groups in total. The van der Waals surface area contributed by atoms with Gasteiger partial charge in [0.05, 0.1) is 13.1 Å². The van der Waals surface area contributed by atoms with Crippen LogP contribution in [0.15, 0.2) is 60.9 Å². The van der Waals surface area contributed by atoms with Crippen molar-refractivity contribution in [1.29, 1.82) is 0 Å². The molecule has 0 aliphatic carbocycles. The number of para-hydroxylation sites is 2. The highest BCUT2D eigenvalue weighted by Gasteiger charge is 2.29. The number of amides is 4. The lowest BCUT2D eigenvalue weighted by Gasteiger charge is -2.23. The largest absolute Gasteiger partial charge is 0.480 e. The molecule has 238 valence electrons. The SMILES string of the molecule is CC(C)C[C@H](NC(=O)CNC(=O)[C@H](Cc1c[nH]c2ccccc12)NC(=O)CN)C(=O)N[C@@H](Cc1c[nH]c2ccccc12)C(=O)O. The third-order valence-corrected chi connectivity index (χ3v) is 7.43. The molecule has 0 aliphatic heterocycles. The van der Waals surface area contributed by atoms with Gasteiger partial charge in [-0.3, -0.25) is 19.2 Å². The molecule has 0 saturated carbocycles. The molecule has 0 saturated heterocycles. The van der Waals surface area contributed by atoms with E-state index in [1.165, 1.54) is 0 Å². The van der Waals surface area contributed by atoms with Crippen LogP contribution in [0, 0.1) is 5.92 Å². The molecular weight excluding hydrogens is 578 g/mol. The average Bonchev–Trinajstić information content (AvgIpc) is 3.62.